The van der Waals surface area contributed by atoms with Crippen LogP contribution in [0.15, 0.2) is 30.6 Å². The van der Waals surface area contributed by atoms with Crippen molar-refractivity contribution >= 4 is 5.78 Å². The third-order valence-electron chi connectivity index (χ3n) is 5.09. The summed E-state index contributed by atoms with van der Waals surface area (Å²) in [5.41, 5.74) is 4.68. The quantitative estimate of drug-likeness (QED) is 0.798. The number of Topliss-reactive ketones (excluding diaryl/α,β-unsaturated/α-hetero) is 1. The van der Waals surface area contributed by atoms with Gasteiger partial charge >= 0.3 is 0 Å². The monoisotopic (exact) mass is 294 g/mol. The van der Waals surface area contributed by atoms with Gasteiger partial charge in [-0.05, 0) is 42.2 Å². The Hall–Kier alpha value is -1.90. The second-order valence-electron chi connectivity index (χ2n) is 7.49. The number of aromatic nitrogens is 2. The summed E-state index contributed by atoms with van der Waals surface area (Å²) in [5.74, 6) is 0.256. The fourth-order valence-electron chi connectivity index (χ4n) is 4.12. The summed E-state index contributed by atoms with van der Waals surface area (Å²) in [7, 11) is 0. The maximum atomic E-state index is 12.7. The fourth-order valence-corrected chi connectivity index (χ4v) is 4.12. The van der Waals surface area contributed by atoms with Gasteiger partial charge < -0.3 is 4.57 Å². The molecule has 1 heterocycles. The second-order valence-corrected chi connectivity index (χ2v) is 7.49. The summed E-state index contributed by atoms with van der Waals surface area (Å²) in [6.07, 6.45) is 6.83. The lowest BCUT2D eigenvalue weighted by Crippen LogP contribution is -2.30. The molecule has 3 heteroatoms. The van der Waals surface area contributed by atoms with Gasteiger partial charge in [0.25, 0.3) is 0 Å². The van der Waals surface area contributed by atoms with Gasteiger partial charge in [-0.15, -0.1) is 0 Å². The van der Waals surface area contributed by atoms with E-state index in [4.69, 9.17) is 0 Å². The molecule has 0 fully saturated rings. The van der Waals surface area contributed by atoms with E-state index in [2.05, 4.69) is 47.7 Å². The lowest BCUT2D eigenvalue weighted by molar-refractivity contribution is 0.0899. The fraction of sp³-hybridized carbons (Fsp3) is 0.474. The maximum absolute atomic E-state index is 12.7. The molecule has 2 aliphatic carbocycles. The normalized spacial score (nSPS) is 23.0. The highest BCUT2D eigenvalue weighted by Gasteiger charge is 2.36. The molecular formula is C19H22N2O. The highest BCUT2D eigenvalue weighted by molar-refractivity contribution is 5.97. The highest BCUT2D eigenvalue weighted by atomic mass is 16.1. The minimum atomic E-state index is 0.0355. The summed E-state index contributed by atoms with van der Waals surface area (Å²) >= 11 is 0. The first-order valence-electron chi connectivity index (χ1n) is 8.22. The second kappa shape index (κ2) is 4.80. The Labute approximate surface area is 131 Å². The van der Waals surface area contributed by atoms with Gasteiger partial charge in [-0.1, -0.05) is 38.1 Å². The van der Waals surface area contributed by atoms with E-state index in [1.54, 1.807) is 0 Å². The number of aryl methyl sites for hydroxylation is 1. The van der Waals surface area contributed by atoms with E-state index in [1.807, 2.05) is 6.33 Å². The van der Waals surface area contributed by atoms with Crippen LogP contribution in [-0.2, 0) is 12.8 Å². The van der Waals surface area contributed by atoms with Gasteiger partial charge in [0.2, 0.25) is 0 Å². The number of carbonyl (C=O) groups is 1. The number of hydrogen-bond donors (Lipinski definition) is 0. The van der Waals surface area contributed by atoms with Crippen LogP contribution in [-0.4, -0.2) is 15.3 Å². The molecule has 22 heavy (non-hydrogen) atoms. The van der Waals surface area contributed by atoms with Gasteiger partial charge in [-0.2, -0.15) is 0 Å². The van der Waals surface area contributed by atoms with E-state index >= 15 is 0 Å². The Morgan fingerprint density at radius 2 is 2.05 bits per heavy atom. The third kappa shape index (κ3) is 2.11. The molecular weight excluding hydrogens is 272 g/mol. The van der Waals surface area contributed by atoms with Crippen molar-refractivity contribution in [3.8, 4) is 0 Å². The highest BCUT2D eigenvalue weighted by Crippen LogP contribution is 2.38. The number of imidazole rings is 1. The van der Waals surface area contributed by atoms with Crippen molar-refractivity contribution in [2.75, 3.05) is 0 Å². The van der Waals surface area contributed by atoms with Gasteiger partial charge in [0, 0.05) is 6.42 Å². The lowest BCUT2D eigenvalue weighted by Gasteiger charge is -2.31. The molecule has 0 radical (unpaired) electrons. The molecule has 114 valence electrons. The zero-order valence-electron chi connectivity index (χ0n) is 13.3. The predicted octanol–water partition coefficient (Wildman–Crippen LogP) is 3.96. The molecule has 0 amide bonds. The summed E-state index contributed by atoms with van der Waals surface area (Å²) in [5, 5.41) is 0. The molecule has 0 bridgehead atoms. The lowest BCUT2D eigenvalue weighted by atomic mass is 9.77. The molecule has 0 aliphatic heterocycles. The standard InChI is InChI=1S/C19H22N2O/c1-19(2)10-15-18(17(22)11-19)21(12-20-15)16-9-5-7-13-6-3-4-8-14(13)16/h3-4,6,8,12,16H,5,7,9-11H2,1-2H3. The van der Waals surface area contributed by atoms with E-state index in [0.29, 0.717) is 6.42 Å². The SMILES string of the molecule is CC1(C)CC(=O)c2c(ncn2C2CCCc3ccccc32)C1. The number of benzene rings is 1. The van der Waals surface area contributed by atoms with Crippen LogP contribution in [0.4, 0.5) is 0 Å². The summed E-state index contributed by atoms with van der Waals surface area (Å²) in [4.78, 5) is 17.3. The van der Waals surface area contributed by atoms with Gasteiger partial charge in [-0.3, -0.25) is 4.79 Å². The topological polar surface area (TPSA) is 34.9 Å². The van der Waals surface area contributed by atoms with Gasteiger partial charge in [0.05, 0.1) is 18.1 Å². The van der Waals surface area contributed by atoms with Crippen LogP contribution in [0, 0.1) is 5.41 Å². The number of hydrogen-bond acceptors (Lipinski definition) is 2. The predicted molar refractivity (Wildman–Crippen MR) is 86.2 cm³/mol. The van der Waals surface area contributed by atoms with Crippen LogP contribution in [0.2, 0.25) is 0 Å². The number of nitrogens with zero attached hydrogens (tertiary/aromatic N) is 2. The average Bonchev–Trinajstić information content (AvgIpc) is 2.89. The largest absolute Gasteiger partial charge is 0.320 e. The molecule has 2 aliphatic rings. The Morgan fingerprint density at radius 1 is 1.23 bits per heavy atom. The van der Waals surface area contributed by atoms with Crippen molar-refractivity contribution in [3.05, 3.63) is 53.1 Å². The van der Waals surface area contributed by atoms with Crippen LogP contribution in [0.5, 0.6) is 0 Å². The van der Waals surface area contributed by atoms with Crippen molar-refractivity contribution in [2.24, 2.45) is 5.41 Å². The smallest absolute Gasteiger partial charge is 0.181 e. The average molecular weight is 294 g/mol. The van der Waals surface area contributed by atoms with Crippen LogP contribution in [0.25, 0.3) is 0 Å². The molecule has 1 atom stereocenters. The van der Waals surface area contributed by atoms with E-state index < -0.39 is 0 Å². The van der Waals surface area contributed by atoms with Gasteiger partial charge in [0.1, 0.15) is 5.69 Å². The molecule has 0 spiro atoms. The Balaban J connectivity index is 1.81. The molecule has 3 nitrogen and oxygen atoms in total. The Bertz CT molecular complexity index is 742. The molecule has 1 unspecified atom stereocenters. The molecule has 1 aromatic carbocycles. The van der Waals surface area contributed by atoms with Crippen LogP contribution >= 0.6 is 0 Å². The summed E-state index contributed by atoms with van der Waals surface area (Å²) < 4.78 is 2.16. The minimum Gasteiger partial charge on any atom is -0.320 e. The summed E-state index contributed by atoms with van der Waals surface area (Å²) in [6.45, 7) is 4.31. The summed E-state index contributed by atoms with van der Waals surface area (Å²) in [6, 6.07) is 8.91. The molecule has 4 rings (SSSR count). The van der Waals surface area contributed by atoms with E-state index in [-0.39, 0.29) is 17.2 Å². The van der Waals surface area contributed by atoms with Crippen molar-refractivity contribution in [2.45, 2.75) is 52.0 Å². The third-order valence-corrected chi connectivity index (χ3v) is 5.09. The molecule has 0 N–H and O–H groups in total. The zero-order chi connectivity index (χ0) is 15.3. The Morgan fingerprint density at radius 3 is 2.91 bits per heavy atom. The van der Waals surface area contributed by atoms with E-state index in [0.717, 1.165) is 30.7 Å². The first kappa shape index (κ1) is 13.7. The number of carbonyl (C=O) groups excluding carboxylic acids is 1. The maximum Gasteiger partial charge on any atom is 0.181 e. The molecule has 1 aromatic heterocycles. The van der Waals surface area contributed by atoms with E-state index in [9.17, 15) is 4.79 Å². The molecule has 2 aromatic rings. The minimum absolute atomic E-state index is 0.0355. The van der Waals surface area contributed by atoms with Gasteiger partial charge in [0.15, 0.2) is 5.78 Å². The van der Waals surface area contributed by atoms with Crippen molar-refractivity contribution in [1.82, 2.24) is 9.55 Å². The first-order chi connectivity index (χ1) is 10.6. The van der Waals surface area contributed by atoms with Crippen LogP contribution < -0.4 is 0 Å². The first-order valence-corrected chi connectivity index (χ1v) is 8.22. The van der Waals surface area contributed by atoms with Crippen LogP contribution in [0.3, 0.4) is 0 Å². The number of ketones is 1. The molecule has 0 saturated carbocycles. The van der Waals surface area contributed by atoms with Crippen molar-refractivity contribution < 1.29 is 4.79 Å². The number of rotatable bonds is 1. The van der Waals surface area contributed by atoms with E-state index in [1.165, 1.54) is 17.5 Å². The Kier molecular flexibility index (Phi) is 3.00. The molecule has 0 saturated heterocycles. The zero-order valence-corrected chi connectivity index (χ0v) is 13.3. The van der Waals surface area contributed by atoms with Crippen molar-refractivity contribution in [1.29, 1.82) is 0 Å². The van der Waals surface area contributed by atoms with Gasteiger partial charge in [-0.25, -0.2) is 4.98 Å². The van der Waals surface area contributed by atoms with Crippen LogP contribution in [0.1, 0.15) is 66.5 Å². The van der Waals surface area contributed by atoms with Crippen molar-refractivity contribution in [3.63, 3.8) is 0 Å². The number of fused-ring (bicyclic) bond motifs is 2.